The van der Waals surface area contributed by atoms with Crippen LogP contribution in [0.1, 0.15) is 19.8 Å². The lowest BCUT2D eigenvalue weighted by atomic mass is 10.3. The molecule has 0 aromatic carbocycles. The lowest BCUT2D eigenvalue weighted by molar-refractivity contribution is -0.118. The molecule has 0 saturated carbocycles. The summed E-state index contributed by atoms with van der Waals surface area (Å²) in [6.45, 7) is 4.32. The van der Waals surface area contributed by atoms with E-state index in [-0.39, 0.29) is 5.91 Å². The largest absolute Gasteiger partial charge is 0.355 e. The van der Waals surface area contributed by atoms with Gasteiger partial charge in [0.25, 0.3) is 0 Å². The van der Waals surface area contributed by atoms with Crippen molar-refractivity contribution < 1.29 is 4.79 Å². The van der Waals surface area contributed by atoms with Gasteiger partial charge < -0.3 is 10.6 Å². The van der Waals surface area contributed by atoms with Gasteiger partial charge in [0.05, 0.1) is 12.3 Å². The van der Waals surface area contributed by atoms with Gasteiger partial charge in [0.15, 0.2) is 0 Å². The third-order valence-corrected chi connectivity index (χ3v) is 3.21. The van der Waals surface area contributed by atoms with Gasteiger partial charge in [-0.1, -0.05) is 25.1 Å². The standard InChI is InChI=1S/C10H20N6OS/c1-3-4-5-12-9(17)8-18-10-13-14-15-16(10)7-6-11-2/h11H,3-8H2,1-2H3,(H,12,17). The second kappa shape index (κ2) is 8.87. The molecule has 1 heterocycles. The minimum atomic E-state index is 0.0246. The monoisotopic (exact) mass is 272 g/mol. The second-order valence-electron chi connectivity index (χ2n) is 3.78. The molecule has 0 spiro atoms. The number of carbonyl (C=O) groups excluding carboxylic acids is 1. The van der Waals surface area contributed by atoms with Crippen molar-refractivity contribution in [1.82, 2.24) is 30.8 Å². The van der Waals surface area contributed by atoms with Crippen molar-refractivity contribution >= 4 is 17.7 Å². The van der Waals surface area contributed by atoms with Gasteiger partial charge in [-0.15, -0.1) is 5.10 Å². The minimum Gasteiger partial charge on any atom is -0.355 e. The summed E-state index contributed by atoms with van der Waals surface area (Å²) in [7, 11) is 1.87. The van der Waals surface area contributed by atoms with Gasteiger partial charge in [-0.05, 0) is 23.9 Å². The Hall–Kier alpha value is -1.15. The molecular formula is C10H20N6OS. The van der Waals surface area contributed by atoms with Gasteiger partial charge in [-0.2, -0.15) is 0 Å². The lowest BCUT2D eigenvalue weighted by Gasteiger charge is -2.04. The number of hydrogen-bond donors (Lipinski definition) is 2. The highest BCUT2D eigenvalue weighted by Gasteiger charge is 2.09. The predicted molar refractivity (Wildman–Crippen MR) is 70.4 cm³/mol. The summed E-state index contributed by atoms with van der Waals surface area (Å²) in [5, 5.41) is 17.9. The fraction of sp³-hybridized carbons (Fsp3) is 0.800. The maximum absolute atomic E-state index is 11.5. The number of nitrogens with one attached hydrogen (secondary N) is 2. The van der Waals surface area contributed by atoms with Gasteiger partial charge >= 0.3 is 0 Å². The van der Waals surface area contributed by atoms with Crippen LogP contribution in [0.4, 0.5) is 0 Å². The van der Waals surface area contributed by atoms with Crippen LogP contribution in [-0.2, 0) is 11.3 Å². The molecule has 0 atom stereocenters. The molecule has 0 aliphatic heterocycles. The van der Waals surface area contributed by atoms with Crippen molar-refractivity contribution in [3.8, 4) is 0 Å². The number of hydrogen-bond acceptors (Lipinski definition) is 6. The summed E-state index contributed by atoms with van der Waals surface area (Å²) in [5.41, 5.74) is 0. The Morgan fingerprint density at radius 1 is 1.44 bits per heavy atom. The van der Waals surface area contributed by atoms with Crippen LogP contribution < -0.4 is 10.6 Å². The second-order valence-corrected chi connectivity index (χ2v) is 4.72. The summed E-state index contributed by atoms with van der Waals surface area (Å²) in [4.78, 5) is 11.5. The average molecular weight is 272 g/mol. The van der Waals surface area contributed by atoms with E-state index in [0.717, 1.165) is 25.9 Å². The maximum atomic E-state index is 11.5. The molecule has 0 saturated heterocycles. The number of unbranched alkanes of at least 4 members (excludes halogenated alkanes) is 1. The molecule has 0 unspecified atom stereocenters. The topological polar surface area (TPSA) is 84.7 Å². The molecule has 2 N–H and O–H groups in total. The molecule has 0 bridgehead atoms. The Morgan fingerprint density at radius 3 is 3.00 bits per heavy atom. The number of nitrogens with zero attached hydrogens (tertiary/aromatic N) is 4. The summed E-state index contributed by atoms with van der Waals surface area (Å²) in [6.07, 6.45) is 2.09. The number of carbonyl (C=O) groups is 1. The van der Waals surface area contributed by atoms with Crippen LogP contribution in [0.5, 0.6) is 0 Å². The van der Waals surface area contributed by atoms with Crippen molar-refractivity contribution in [2.75, 3.05) is 25.9 Å². The Morgan fingerprint density at radius 2 is 2.28 bits per heavy atom. The number of thioether (sulfide) groups is 1. The minimum absolute atomic E-state index is 0.0246. The number of rotatable bonds is 9. The van der Waals surface area contributed by atoms with Crippen LogP contribution in [0.15, 0.2) is 5.16 Å². The number of amides is 1. The van der Waals surface area contributed by atoms with Gasteiger partial charge in [-0.25, -0.2) is 4.68 Å². The summed E-state index contributed by atoms with van der Waals surface area (Å²) in [6, 6.07) is 0. The number of tetrazole rings is 1. The van der Waals surface area contributed by atoms with E-state index in [9.17, 15) is 4.79 Å². The average Bonchev–Trinajstić information content (AvgIpc) is 2.81. The molecule has 8 heteroatoms. The van der Waals surface area contributed by atoms with Crippen LogP contribution in [0.3, 0.4) is 0 Å². The van der Waals surface area contributed by atoms with E-state index in [1.54, 1.807) is 4.68 Å². The molecular weight excluding hydrogens is 252 g/mol. The first-order chi connectivity index (χ1) is 8.77. The molecule has 1 aromatic rings. The van der Waals surface area contributed by atoms with Gasteiger partial charge in [0.2, 0.25) is 11.1 Å². The highest BCUT2D eigenvalue weighted by Crippen LogP contribution is 2.12. The van der Waals surface area contributed by atoms with Crippen molar-refractivity contribution in [3.05, 3.63) is 0 Å². The molecule has 1 rings (SSSR count). The maximum Gasteiger partial charge on any atom is 0.230 e. The Kier molecular flexibility index (Phi) is 7.35. The highest BCUT2D eigenvalue weighted by atomic mass is 32.2. The third kappa shape index (κ3) is 5.46. The van der Waals surface area contributed by atoms with Crippen LogP contribution in [-0.4, -0.2) is 52.0 Å². The molecule has 1 amide bonds. The Labute approximate surface area is 111 Å². The van der Waals surface area contributed by atoms with Gasteiger partial charge in [0.1, 0.15) is 0 Å². The van der Waals surface area contributed by atoms with Crippen LogP contribution in [0, 0.1) is 0 Å². The van der Waals surface area contributed by atoms with Crippen LogP contribution in [0.2, 0.25) is 0 Å². The third-order valence-electron chi connectivity index (χ3n) is 2.26. The zero-order valence-electron chi connectivity index (χ0n) is 10.8. The SMILES string of the molecule is CCCCNC(=O)CSc1nnnn1CCNC. The quantitative estimate of drug-likeness (QED) is 0.482. The molecule has 0 aliphatic carbocycles. The first-order valence-corrected chi connectivity index (χ1v) is 7.06. The van der Waals surface area contributed by atoms with Crippen LogP contribution >= 0.6 is 11.8 Å². The van der Waals surface area contributed by atoms with Crippen molar-refractivity contribution in [1.29, 1.82) is 0 Å². The first-order valence-electron chi connectivity index (χ1n) is 6.08. The summed E-state index contributed by atoms with van der Waals surface area (Å²) < 4.78 is 1.69. The normalized spacial score (nSPS) is 10.6. The van der Waals surface area contributed by atoms with E-state index in [4.69, 9.17) is 0 Å². The molecule has 102 valence electrons. The zero-order chi connectivity index (χ0) is 13.2. The van der Waals surface area contributed by atoms with Crippen LogP contribution in [0.25, 0.3) is 0 Å². The highest BCUT2D eigenvalue weighted by molar-refractivity contribution is 7.99. The molecule has 0 aliphatic rings. The first kappa shape index (κ1) is 14.9. The Balaban J connectivity index is 2.29. The zero-order valence-corrected chi connectivity index (χ0v) is 11.7. The van der Waals surface area contributed by atoms with E-state index in [1.165, 1.54) is 11.8 Å². The van der Waals surface area contributed by atoms with E-state index < -0.39 is 0 Å². The fourth-order valence-electron chi connectivity index (χ4n) is 1.24. The molecule has 0 radical (unpaired) electrons. The van der Waals surface area contributed by atoms with Crippen molar-refractivity contribution in [3.63, 3.8) is 0 Å². The van der Waals surface area contributed by atoms with E-state index in [2.05, 4.69) is 33.1 Å². The number of aromatic nitrogens is 4. The number of likely N-dealkylation sites (N-methyl/N-ethyl adjacent to an activating group) is 1. The molecule has 18 heavy (non-hydrogen) atoms. The Bertz CT molecular complexity index is 356. The predicted octanol–water partition coefficient (Wildman–Crippen LogP) is -0.0991. The molecule has 1 aromatic heterocycles. The van der Waals surface area contributed by atoms with E-state index in [0.29, 0.717) is 17.5 Å². The van der Waals surface area contributed by atoms with Crippen molar-refractivity contribution in [2.45, 2.75) is 31.5 Å². The fourth-order valence-corrected chi connectivity index (χ4v) is 1.98. The smallest absolute Gasteiger partial charge is 0.230 e. The summed E-state index contributed by atoms with van der Waals surface area (Å²) in [5.74, 6) is 0.375. The van der Waals surface area contributed by atoms with E-state index >= 15 is 0 Å². The van der Waals surface area contributed by atoms with Crippen molar-refractivity contribution in [2.24, 2.45) is 0 Å². The molecule has 7 nitrogen and oxygen atoms in total. The van der Waals surface area contributed by atoms with Gasteiger partial charge in [0, 0.05) is 13.1 Å². The molecule has 0 fully saturated rings. The van der Waals surface area contributed by atoms with E-state index in [1.807, 2.05) is 7.05 Å². The van der Waals surface area contributed by atoms with Gasteiger partial charge in [-0.3, -0.25) is 4.79 Å². The summed E-state index contributed by atoms with van der Waals surface area (Å²) >= 11 is 1.36. The lowest BCUT2D eigenvalue weighted by Crippen LogP contribution is -2.26.